The molecule has 0 aliphatic rings. The van der Waals surface area contributed by atoms with E-state index in [0.29, 0.717) is 16.3 Å². The van der Waals surface area contributed by atoms with E-state index in [9.17, 15) is 19.8 Å². The van der Waals surface area contributed by atoms with Crippen LogP contribution in [0.25, 0.3) is 11.0 Å². The Bertz CT molecular complexity index is 1040. The third-order valence-corrected chi connectivity index (χ3v) is 4.02. The van der Waals surface area contributed by atoms with Crippen molar-refractivity contribution in [2.75, 3.05) is 5.32 Å². The molecule has 3 aromatic rings. The smallest absolute Gasteiger partial charge is 0.340 e. The largest absolute Gasteiger partial charge is 0.508 e. The minimum absolute atomic E-state index is 0.0546. The van der Waals surface area contributed by atoms with E-state index in [2.05, 4.69) is 5.32 Å². The molecule has 1 aromatic heterocycles. The Labute approximate surface area is 147 Å². The van der Waals surface area contributed by atoms with Gasteiger partial charge in [0, 0.05) is 22.8 Å². The first-order valence-corrected chi connectivity index (χ1v) is 7.76. The molecule has 25 heavy (non-hydrogen) atoms. The van der Waals surface area contributed by atoms with Gasteiger partial charge >= 0.3 is 5.63 Å². The third-order valence-electron chi connectivity index (χ3n) is 3.79. The summed E-state index contributed by atoms with van der Waals surface area (Å²) in [6.07, 6.45) is -0.225. The van der Waals surface area contributed by atoms with Crippen molar-refractivity contribution >= 4 is 34.2 Å². The van der Waals surface area contributed by atoms with Crippen molar-refractivity contribution in [1.29, 1.82) is 0 Å². The summed E-state index contributed by atoms with van der Waals surface area (Å²) in [7, 11) is 0. The number of carbonyl (C=O) groups is 1. The zero-order valence-corrected chi connectivity index (χ0v) is 13.9. The van der Waals surface area contributed by atoms with Gasteiger partial charge in [0.2, 0.25) is 5.91 Å². The number of fused-ring (bicyclic) bond motifs is 1. The molecule has 0 bridgehead atoms. The first-order chi connectivity index (χ1) is 11.8. The highest BCUT2D eigenvalue weighted by molar-refractivity contribution is 6.30. The molecule has 1 heterocycles. The Hall–Kier alpha value is -2.99. The number of aromatic hydroxyl groups is 2. The van der Waals surface area contributed by atoms with E-state index in [1.54, 1.807) is 31.2 Å². The summed E-state index contributed by atoms with van der Waals surface area (Å²) in [6.45, 7) is 1.61. The monoisotopic (exact) mass is 359 g/mol. The predicted octanol–water partition coefficient (Wildman–Crippen LogP) is 3.35. The summed E-state index contributed by atoms with van der Waals surface area (Å²) in [5.74, 6) is -0.873. The molecule has 0 spiro atoms. The lowest BCUT2D eigenvalue weighted by molar-refractivity contribution is -0.115. The summed E-state index contributed by atoms with van der Waals surface area (Å²) >= 11 is 5.87. The molecule has 2 aromatic carbocycles. The predicted molar refractivity (Wildman–Crippen MR) is 94.3 cm³/mol. The SMILES string of the molecule is Cc1c(CC(=O)Nc2cccc(Cl)c2)c(=O)oc2cc(O)cc(O)c12. The fourth-order valence-electron chi connectivity index (χ4n) is 2.65. The number of nitrogens with one attached hydrogen (secondary N) is 1. The molecule has 0 aliphatic carbocycles. The molecular weight excluding hydrogens is 346 g/mol. The molecule has 1 amide bonds. The summed E-state index contributed by atoms with van der Waals surface area (Å²) in [5.41, 5.74) is 0.418. The highest BCUT2D eigenvalue weighted by Crippen LogP contribution is 2.32. The first-order valence-electron chi connectivity index (χ1n) is 7.39. The van der Waals surface area contributed by atoms with Gasteiger partial charge in [-0.3, -0.25) is 4.79 Å². The highest BCUT2D eigenvalue weighted by Gasteiger charge is 2.18. The van der Waals surface area contributed by atoms with Crippen molar-refractivity contribution in [3.63, 3.8) is 0 Å². The highest BCUT2D eigenvalue weighted by atomic mass is 35.5. The number of hydrogen-bond donors (Lipinski definition) is 3. The number of hydrogen-bond acceptors (Lipinski definition) is 5. The van der Waals surface area contributed by atoms with Crippen LogP contribution in [-0.4, -0.2) is 16.1 Å². The van der Waals surface area contributed by atoms with Gasteiger partial charge in [-0.15, -0.1) is 0 Å². The average molecular weight is 360 g/mol. The van der Waals surface area contributed by atoms with E-state index < -0.39 is 11.5 Å². The second kappa shape index (κ2) is 6.49. The molecular formula is C18H14ClNO5. The standard InChI is InChI=1S/C18H14ClNO5/c1-9-13(8-16(23)20-11-4-2-3-10(19)5-11)18(24)25-15-7-12(21)6-14(22)17(9)15/h2-7,21-22H,8H2,1H3,(H,20,23). The maximum absolute atomic E-state index is 12.2. The van der Waals surface area contributed by atoms with Gasteiger partial charge in [-0.2, -0.15) is 0 Å². The minimum atomic E-state index is -0.698. The van der Waals surface area contributed by atoms with Crippen LogP contribution in [0.5, 0.6) is 11.5 Å². The number of amides is 1. The Morgan fingerprint density at radius 3 is 2.72 bits per heavy atom. The normalized spacial score (nSPS) is 10.8. The zero-order chi connectivity index (χ0) is 18.1. The molecule has 0 saturated heterocycles. The van der Waals surface area contributed by atoms with Gasteiger partial charge in [0.25, 0.3) is 0 Å². The molecule has 0 aliphatic heterocycles. The van der Waals surface area contributed by atoms with Crippen molar-refractivity contribution in [2.24, 2.45) is 0 Å². The van der Waals surface area contributed by atoms with Gasteiger partial charge in [0.15, 0.2) is 0 Å². The number of benzene rings is 2. The van der Waals surface area contributed by atoms with E-state index in [1.165, 1.54) is 6.07 Å². The first kappa shape index (κ1) is 16.9. The van der Waals surface area contributed by atoms with Crippen molar-refractivity contribution in [3.05, 3.63) is 63.0 Å². The molecule has 0 fully saturated rings. The van der Waals surface area contributed by atoms with Crippen LogP contribution in [0.2, 0.25) is 5.02 Å². The van der Waals surface area contributed by atoms with E-state index in [0.717, 1.165) is 6.07 Å². The Kier molecular flexibility index (Phi) is 4.37. The third kappa shape index (κ3) is 3.44. The molecule has 0 radical (unpaired) electrons. The number of aryl methyl sites for hydroxylation is 1. The molecule has 3 N–H and O–H groups in total. The fraction of sp³-hybridized carbons (Fsp3) is 0.111. The average Bonchev–Trinajstić information content (AvgIpc) is 2.50. The summed E-state index contributed by atoms with van der Waals surface area (Å²) < 4.78 is 5.13. The second-order valence-electron chi connectivity index (χ2n) is 5.57. The topological polar surface area (TPSA) is 99.8 Å². The van der Waals surface area contributed by atoms with Crippen molar-refractivity contribution < 1.29 is 19.4 Å². The number of halogens is 1. The van der Waals surface area contributed by atoms with E-state index in [-0.39, 0.29) is 34.5 Å². The van der Waals surface area contributed by atoms with Crippen molar-refractivity contribution in [1.82, 2.24) is 0 Å². The maximum Gasteiger partial charge on any atom is 0.340 e. The summed E-state index contributed by atoms with van der Waals surface area (Å²) in [5, 5.41) is 22.9. The fourth-order valence-corrected chi connectivity index (χ4v) is 2.84. The summed E-state index contributed by atoms with van der Waals surface area (Å²) in [6, 6.07) is 9.01. The van der Waals surface area contributed by atoms with E-state index in [1.807, 2.05) is 0 Å². The summed E-state index contributed by atoms with van der Waals surface area (Å²) in [4.78, 5) is 24.4. The molecule has 6 nitrogen and oxygen atoms in total. The molecule has 7 heteroatoms. The maximum atomic E-state index is 12.2. The molecule has 0 unspecified atom stereocenters. The van der Waals surface area contributed by atoms with Crippen LogP contribution in [0.1, 0.15) is 11.1 Å². The molecule has 3 rings (SSSR count). The van der Waals surface area contributed by atoms with Crippen LogP contribution >= 0.6 is 11.6 Å². The van der Waals surface area contributed by atoms with Gasteiger partial charge in [-0.1, -0.05) is 17.7 Å². The van der Waals surface area contributed by atoms with E-state index in [4.69, 9.17) is 16.0 Å². The van der Waals surface area contributed by atoms with Gasteiger partial charge in [0.1, 0.15) is 17.1 Å². The quantitative estimate of drug-likeness (QED) is 0.623. The van der Waals surface area contributed by atoms with Gasteiger partial charge in [-0.05, 0) is 30.7 Å². The minimum Gasteiger partial charge on any atom is -0.508 e. The van der Waals surface area contributed by atoms with Crippen LogP contribution in [0, 0.1) is 6.92 Å². The van der Waals surface area contributed by atoms with Crippen LogP contribution < -0.4 is 10.9 Å². The van der Waals surface area contributed by atoms with Crippen LogP contribution in [-0.2, 0) is 11.2 Å². The van der Waals surface area contributed by atoms with Crippen LogP contribution in [0.4, 0.5) is 5.69 Å². The van der Waals surface area contributed by atoms with Crippen LogP contribution in [0.15, 0.2) is 45.6 Å². The van der Waals surface area contributed by atoms with Gasteiger partial charge in [0.05, 0.1) is 17.4 Å². The Morgan fingerprint density at radius 1 is 1.24 bits per heavy atom. The lowest BCUT2D eigenvalue weighted by Crippen LogP contribution is -2.20. The van der Waals surface area contributed by atoms with E-state index >= 15 is 0 Å². The molecule has 0 saturated carbocycles. The lowest BCUT2D eigenvalue weighted by Gasteiger charge is -2.10. The Morgan fingerprint density at radius 2 is 2.00 bits per heavy atom. The van der Waals surface area contributed by atoms with Gasteiger partial charge in [-0.25, -0.2) is 4.79 Å². The Balaban J connectivity index is 1.96. The van der Waals surface area contributed by atoms with Crippen molar-refractivity contribution in [3.8, 4) is 11.5 Å². The number of phenols is 2. The number of phenolic OH excluding ortho intramolecular Hbond substituents is 2. The van der Waals surface area contributed by atoms with Crippen molar-refractivity contribution in [2.45, 2.75) is 13.3 Å². The number of rotatable bonds is 3. The van der Waals surface area contributed by atoms with Gasteiger partial charge < -0.3 is 19.9 Å². The second-order valence-corrected chi connectivity index (χ2v) is 6.00. The van der Waals surface area contributed by atoms with Crippen LogP contribution in [0.3, 0.4) is 0 Å². The molecule has 128 valence electrons. The number of carbonyl (C=O) groups excluding carboxylic acids is 1. The lowest BCUT2D eigenvalue weighted by atomic mass is 10.0. The molecule has 0 atom stereocenters. The zero-order valence-electron chi connectivity index (χ0n) is 13.2. The number of anilines is 1.